The number of benzene rings is 1. The van der Waals surface area contributed by atoms with Crippen LogP contribution in [-0.4, -0.2) is 4.98 Å². The van der Waals surface area contributed by atoms with Gasteiger partial charge in [-0.3, -0.25) is 0 Å². The van der Waals surface area contributed by atoms with Gasteiger partial charge in [-0.25, -0.2) is 4.98 Å². The Balaban J connectivity index is 2.66. The number of fused-ring (bicyclic) bond motifs is 1. The molecule has 1 heterocycles. The topological polar surface area (TPSA) is 26.0 Å². The van der Waals surface area contributed by atoms with E-state index in [2.05, 4.69) is 33.9 Å². The zero-order valence-corrected chi connectivity index (χ0v) is 8.26. The monoisotopic (exact) mass is 225 g/mol. The average Bonchev–Trinajstić information content (AvgIpc) is 2.43. The molecular formula is C9H8BrNO. The zero-order valence-electron chi connectivity index (χ0n) is 6.67. The first-order chi connectivity index (χ1) is 5.79. The number of aryl methyl sites for hydroxylation is 1. The van der Waals surface area contributed by atoms with Crippen molar-refractivity contribution in [3.63, 3.8) is 0 Å². The third-order valence-corrected chi connectivity index (χ3v) is 2.17. The van der Waals surface area contributed by atoms with Crippen LogP contribution in [-0.2, 0) is 6.42 Å². The SMILES string of the molecule is CCc1ccc2oc(Br)nc2c1. The summed E-state index contributed by atoms with van der Waals surface area (Å²) in [4.78, 5) is 4.72. The number of nitrogens with zero attached hydrogens (tertiary/aromatic N) is 1. The Morgan fingerprint density at radius 3 is 3.08 bits per heavy atom. The Hall–Kier alpha value is -0.830. The highest BCUT2D eigenvalue weighted by Gasteiger charge is 2.02. The van der Waals surface area contributed by atoms with Gasteiger partial charge in [-0.15, -0.1) is 0 Å². The first-order valence-electron chi connectivity index (χ1n) is 3.84. The van der Waals surface area contributed by atoms with Crippen LogP contribution in [0.1, 0.15) is 12.5 Å². The van der Waals surface area contributed by atoms with E-state index in [0.29, 0.717) is 4.80 Å². The Labute approximate surface area is 78.7 Å². The number of aromatic nitrogens is 1. The summed E-state index contributed by atoms with van der Waals surface area (Å²) in [6, 6.07) is 6.05. The second kappa shape index (κ2) is 2.90. The summed E-state index contributed by atoms with van der Waals surface area (Å²) in [6.45, 7) is 2.12. The highest BCUT2D eigenvalue weighted by atomic mass is 79.9. The molecule has 0 radical (unpaired) electrons. The van der Waals surface area contributed by atoms with Crippen LogP contribution >= 0.6 is 15.9 Å². The molecule has 3 heteroatoms. The van der Waals surface area contributed by atoms with Crippen molar-refractivity contribution in [1.29, 1.82) is 0 Å². The Morgan fingerprint density at radius 2 is 2.33 bits per heavy atom. The van der Waals surface area contributed by atoms with Crippen molar-refractivity contribution in [3.05, 3.63) is 28.6 Å². The van der Waals surface area contributed by atoms with E-state index in [-0.39, 0.29) is 0 Å². The van der Waals surface area contributed by atoms with Crippen molar-refractivity contribution >= 4 is 27.0 Å². The van der Waals surface area contributed by atoms with Gasteiger partial charge >= 0.3 is 0 Å². The molecule has 0 bridgehead atoms. The molecule has 0 N–H and O–H groups in total. The van der Waals surface area contributed by atoms with E-state index in [4.69, 9.17) is 4.42 Å². The van der Waals surface area contributed by atoms with Crippen molar-refractivity contribution in [2.45, 2.75) is 13.3 Å². The minimum Gasteiger partial charge on any atom is -0.431 e. The molecular weight excluding hydrogens is 218 g/mol. The first-order valence-corrected chi connectivity index (χ1v) is 4.64. The van der Waals surface area contributed by atoms with Crippen molar-refractivity contribution in [1.82, 2.24) is 4.98 Å². The van der Waals surface area contributed by atoms with Gasteiger partial charge in [0.1, 0.15) is 5.52 Å². The van der Waals surface area contributed by atoms with Gasteiger partial charge in [0, 0.05) is 15.9 Å². The van der Waals surface area contributed by atoms with Gasteiger partial charge in [0.2, 0.25) is 0 Å². The maximum absolute atomic E-state index is 5.27. The molecule has 1 aromatic heterocycles. The normalized spacial score (nSPS) is 10.8. The van der Waals surface area contributed by atoms with Crippen LogP contribution in [0.25, 0.3) is 11.1 Å². The second-order valence-electron chi connectivity index (χ2n) is 2.62. The number of rotatable bonds is 1. The summed E-state index contributed by atoms with van der Waals surface area (Å²) < 4.78 is 5.27. The molecule has 0 aliphatic carbocycles. The maximum atomic E-state index is 5.27. The lowest BCUT2D eigenvalue weighted by Crippen LogP contribution is -1.77. The van der Waals surface area contributed by atoms with Crippen molar-refractivity contribution in [3.8, 4) is 0 Å². The van der Waals surface area contributed by atoms with E-state index in [9.17, 15) is 0 Å². The smallest absolute Gasteiger partial charge is 0.265 e. The third kappa shape index (κ3) is 1.25. The molecule has 0 saturated heterocycles. The van der Waals surface area contributed by atoms with Crippen molar-refractivity contribution < 1.29 is 4.42 Å². The molecule has 0 fully saturated rings. The molecule has 0 saturated carbocycles. The van der Waals surface area contributed by atoms with Gasteiger partial charge in [-0.1, -0.05) is 13.0 Å². The van der Waals surface area contributed by atoms with E-state index < -0.39 is 0 Å². The van der Waals surface area contributed by atoms with E-state index in [1.54, 1.807) is 0 Å². The van der Waals surface area contributed by atoms with Crippen LogP contribution in [0.4, 0.5) is 0 Å². The fourth-order valence-electron chi connectivity index (χ4n) is 1.16. The quantitative estimate of drug-likeness (QED) is 0.746. The molecule has 2 aromatic rings. The molecule has 0 unspecified atom stereocenters. The molecule has 0 atom stereocenters. The van der Waals surface area contributed by atoms with Crippen molar-refractivity contribution in [2.75, 3.05) is 0 Å². The minimum absolute atomic E-state index is 0.547. The summed E-state index contributed by atoms with van der Waals surface area (Å²) in [5, 5.41) is 0. The maximum Gasteiger partial charge on any atom is 0.265 e. The van der Waals surface area contributed by atoms with Crippen LogP contribution in [0.5, 0.6) is 0 Å². The Kier molecular flexibility index (Phi) is 1.89. The number of hydrogen-bond donors (Lipinski definition) is 0. The fourth-order valence-corrected chi connectivity index (χ4v) is 1.53. The lowest BCUT2D eigenvalue weighted by Gasteiger charge is -1.92. The summed E-state index contributed by atoms with van der Waals surface area (Å²) in [7, 11) is 0. The molecule has 2 nitrogen and oxygen atoms in total. The molecule has 0 aliphatic rings. The average molecular weight is 226 g/mol. The molecule has 62 valence electrons. The van der Waals surface area contributed by atoms with Gasteiger partial charge in [0.15, 0.2) is 5.58 Å². The van der Waals surface area contributed by atoms with E-state index in [1.807, 2.05) is 12.1 Å². The van der Waals surface area contributed by atoms with Crippen LogP contribution in [0, 0.1) is 0 Å². The van der Waals surface area contributed by atoms with E-state index in [1.165, 1.54) is 5.56 Å². The lowest BCUT2D eigenvalue weighted by molar-refractivity contribution is 0.570. The van der Waals surface area contributed by atoms with Crippen LogP contribution in [0.2, 0.25) is 0 Å². The molecule has 12 heavy (non-hydrogen) atoms. The Bertz CT molecular complexity index is 408. The first kappa shape index (κ1) is 7.80. The molecule has 0 amide bonds. The number of halogens is 1. The van der Waals surface area contributed by atoms with Gasteiger partial charge in [-0.2, -0.15) is 0 Å². The summed E-state index contributed by atoms with van der Waals surface area (Å²) >= 11 is 3.19. The number of hydrogen-bond acceptors (Lipinski definition) is 2. The minimum atomic E-state index is 0.547. The molecule has 0 aliphatic heterocycles. The zero-order chi connectivity index (χ0) is 8.55. The predicted octanol–water partition coefficient (Wildman–Crippen LogP) is 3.15. The molecule has 0 spiro atoms. The van der Waals surface area contributed by atoms with Gasteiger partial charge in [0.05, 0.1) is 0 Å². The summed E-state index contributed by atoms with van der Waals surface area (Å²) in [5.41, 5.74) is 3.03. The van der Waals surface area contributed by atoms with Crippen LogP contribution in [0.3, 0.4) is 0 Å². The molecule has 1 aromatic carbocycles. The van der Waals surface area contributed by atoms with Gasteiger partial charge in [0.25, 0.3) is 4.80 Å². The fraction of sp³-hybridized carbons (Fsp3) is 0.222. The summed E-state index contributed by atoms with van der Waals surface area (Å²) in [6.07, 6.45) is 1.03. The van der Waals surface area contributed by atoms with Crippen LogP contribution in [0.15, 0.2) is 27.4 Å². The second-order valence-corrected chi connectivity index (χ2v) is 3.30. The third-order valence-electron chi connectivity index (χ3n) is 1.83. The van der Waals surface area contributed by atoms with E-state index >= 15 is 0 Å². The highest BCUT2D eigenvalue weighted by Crippen LogP contribution is 2.20. The predicted molar refractivity (Wildman–Crippen MR) is 51.1 cm³/mol. The summed E-state index contributed by atoms with van der Waals surface area (Å²) in [5.74, 6) is 0. The van der Waals surface area contributed by atoms with Crippen LogP contribution < -0.4 is 0 Å². The van der Waals surface area contributed by atoms with Crippen molar-refractivity contribution in [2.24, 2.45) is 0 Å². The van der Waals surface area contributed by atoms with Gasteiger partial charge in [-0.05, 0) is 24.1 Å². The van der Waals surface area contributed by atoms with E-state index in [0.717, 1.165) is 17.5 Å². The lowest BCUT2D eigenvalue weighted by atomic mass is 10.1. The van der Waals surface area contributed by atoms with Gasteiger partial charge < -0.3 is 4.42 Å². The standard InChI is InChI=1S/C9H8BrNO/c1-2-6-3-4-8-7(5-6)11-9(10)12-8/h3-5H,2H2,1H3. The molecule has 2 rings (SSSR count). The number of oxazole rings is 1. The Morgan fingerprint density at radius 1 is 1.50 bits per heavy atom. The largest absolute Gasteiger partial charge is 0.431 e. The highest BCUT2D eigenvalue weighted by molar-refractivity contribution is 9.10.